The van der Waals surface area contributed by atoms with Gasteiger partial charge in [-0.05, 0) is 31.6 Å². The van der Waals surface area contributed by atoms with Crippen LogP contribution >= 0.6 is 0 Å². The van der Waals surface area contributed by atoms with Crippen molar-refractivity contribution >= 4 is 11.9 Å². The number of carboxylic acid groups (broad SMARTS) is 1. The van der Waals surface area contributed by atoms with Gasteiger partial charge in [0.2, 0.25) is 5.91 Å². The van der Waals surface area contributed by atoms with E-state index in [2.05, 4.69) is 5.32 Å². The van der Waals surface area contributed by atoms with Crippen LogP contribution < -0.4 is 11.1 Å². The molecule has 1 heterocycles. The average Bonchev–Trinajstić information content (AvgIpc) is 2.39. The van der Waals surface area contributed by atoms with Gasteiger partial charge in [0.05, 0.1) is 5.54 Å². The van der Waals surface area contributed by atoms with Crippen molar-refractivity contribution < 1.29 is 19.4 Å². The summed E-state index contributed by atoms with van der Waals surface area (Å²) in [6, 6.07) is 0. The molecule has 114 valence electrons. The highest BCUT2D eigenvalue weighted by atomic mass is 16.5. The number of hydrogen-bond donors (Lipinski definition) is 3. The smallest absolute Gasteiger partial charge is 0.329 e. The molecular formula is C14H24N2O4. The van der Waals surface area contributed by atoms with Crippen LogP contribution in [0, 0.1) is 5.92 Å². The first-order valence-electron chi connectivity index (χ1n) is 7.31. The molecule has 2 unspecified atom stereocenters. The molecule has 0 radical (unpaired) electrons. The van der Waals surface area contributed by atoms with Gasteiger partial charge in [-0.2, -0.15) is 0 Å². The van der Waals surface area contributed by atoms with Gasteiger partial charge in [-0.25, -0.2) is 4.79 Å². The lowest BCUT2D eigenvalue weighted by Crippen LogP contribution is -2.65. The van der Waals surface area contributed by atoms with E-state index in [1.165, 1.54) is 0 Å². The van der Waals surface area contributed by atoms with E-state index in [1.54, 1.807) is 0 Å². The second kappa shape index (κ2) is 5.69. The third kappa shape index (κ3) is 2.96. The minimum absolute atomic E-state index is 0.295. The molecule has 20 heavy (non-hydrogen) atoms. The Bertz CT molecular complexity index is 393. The van der Waals surface area contributed by atoms with E-state index in [-0.39, 0.29) is 5.91 Å². The summed E-state index contributed by atoms with van der Waals surface area (Å²) in [4.78, 5) is 24.1. The van der Waals surface area contributed by atoms with Gasteiger partial charge in [0, 0.05) is 13.2 Å². The van der Waals surface area contributed by atoms with Gasteiger partial charge in [0.25, 0.3) is 0 Å². The van der Waals surface area contributed by atoms with Gasteiger partial charge < -0.3 is 20.9 Å². The summed E-state index contributed by atoms with van der Waals surface area (Å²) in [5.41, 5.74) is 3.98. The fourth-order valence-corrected chi connectivity index (χ4v) is 3.22. The zero-order valence-corrected chi connectivity index (χ0v) is 12.0. The Labute approximate surface area is 119 Å². The number of carboxylic acids is 1. The Morgan fingerprint density at radius 2 is 1.95 bits per heavy atom. The standard InChI is InChI=1S/C14H24N2O4/c1-10-3-2-4-14(9-10,12(18)19)16-11(17)13(15)5-7-20-8-6-13/h10H,2-9,15H2,1H3,(H,16,17)(H,18,19). The highest BCUT2D eigenvalue weighted by Gasteiger charge is 2.47. The Morgan fingerprint density at radius 1 is 1.30 bits per heavy atom. The van der Waals surface area contributed by atoms with Crippen molar-refractivity contribution in [2.75, 3.05) is 13.2 Å². The molecule has 1 saturated carbocycles. The van der Waals surface area contributed by atoms with E-state index in [4.69, 9.17) is 10.5 Å². The van der Waals surface area contributed by atoms with Crippen LogP contribution in [0.4, 0.5) is 0 Å². The summed E-state index contributed by atoms with van der Waals surface area (Å²) in [5.74, 6) is -1.01. The number of hydrogen-bond acceptors (Lipinski definition) is 4. The molecule has 1 saturated heterocycles. The Hall–Kier alpha value is -1.14. The summed E-state index contributed by atoms with van der Waals surface area (Å²) in [6.07, 6.45) is 3.64. The third-order valence-electron chi connectivity index (χ3n) is 4.60. The maximum absolute atomic E-state index is 12.4. The number of ether oxygens (including phenoxy) is 1. The SMILES string of the molecule is CC1CCCC(NC(=O)C2(N)CCOCC2)(C(=O)O)C1. The van der Waals surface area contributed by atoms with Crippen molar-refractivity contribution in [2.24, 2.45) is 11.7 Å². The molecule has 0 bridgehead atoms. The summed E-state index contributed by atoms with van der Waals surface area (Å²) in [5, 5.41) is 12.3. The minimum Gasteiger partial charge on any atom is -0.480 e. The van der Waals surface area contributed by atoms with Crippen LogP contribution in [0.3, 0.4) is 0 Å². The molecule has 0 aromatic heterocycles. The van der Waals surface area contributed by atoms with Crippen LogP contribution in [0.15, 0.2) is 0 Å². The first kappa shape index (κ1) is 15.3. The monoisotopic (exact) mass is 284 g/mol. The van der Waals surface area contributed by atoms with Crippen molar-refractivity contribution in [1.82, 2.24) is 5.32 Å². The molecule has 1 amide bonds. The molecule has 4 N–H and O–H groups in total. The molecule has 2 fully saturated rings. The summed E-state index contributed by atoms with van der Waals surface area (Å²) >= 11 is 0. The number of carbonyl (C=O) groups is 2. The fourth-order valence-electron chi connectivity index (χ4n) is 3.22. The molecule has 2 atom stereocenters. The molecule has 2 aliphatic rings. The van der Waals surface area contributed by atoms with E-state index in [1.807, 2.05) is 6.92 Å². The number of amides is 1. The fraction of sp³-hybridized carbons (Fsp3) is 0.857. The van der Waals surface area contributed by atoms with Crippen LogP contribution in [-0.2, 0) is 14.3 Å². The molecular weight excluding hydrogens is 260 g/mol. The molecule has 6 heteroatoms. The molecule has 1 aliphatic carbocycles. The van der Waals surface area contributed by atoms with Crippen LogP contribution in [0.5, 0.6) is 0 Å². The largest absolute Gasteiger partial charge is 0.480 e. The van der Waals surface area contributed by atoms with Crippen molar-refractivity contribution in [2.45, 2.75) is 56.5 Å². The van der Waals surface area contributed by atoms with E-state index in [9.17, 15) is 14.7 Å². The summed E-state index contributed by atoms with van der Waals surface area (Å²) in [7, 11) is 0. The molecule has 2 rings (SSSR count). The van der Waals surface area contributed by atoms with E-state index in [0.717, 1.165) is 12.8 Å². The van der Waals surface area contributed by atoms with Crippen molar-refractivity contribution in [3.8, 4) is 0 Å². The van der Waals surface area contributed by atoms with E-state index in [0.29, 0.717) is 44.8 Å². The van der Waals surface area contributed by atoms with Gasteiger partial charge >= 0.3 is 5.97 Å². The van der Waals surface area contributed by atoms with Crippen molar-refractivity contribution in [3.05, 3.63) is 0 Å². The zero-order chi connectivity index (χ0) is 14.8. The Balaban J connectivity index is 2.11. The van der Waals surface area contributed by atoms with Crippen LogP contribution in [0.2, 0.25) is 0 Å². The predicted molar refractivity (Wildman–Crippen MR) is 73.1 cm³/mol. The van der Waals surface area contributed by atoms with Gasteiger partial charge in [-0.15, -0.1) is 0 Å². The summed E-state index contributed by atoms with van der Waals surface area (Å²) < 4.78 is 5.22. The zero-order valence-electron chi connectivity index (χ0n) is 12.0. The number of rotatable bonds is 3. The molecule has 0 aromatic rings. The highest BCUT2D eigenvalue weighted by Crippen LogP contribution is 2.33. The molecule has 6 nitrogen and oxygen atoms in total. The van der Waals surface area contributed by atoms with Crippen molar-refractivity contribution in [1.29, 1.82) is 0 Å². The number of nitrogens with two attached hydrogens (primary N) is 1. The van der Waals surface area contributed by atoms with Gasteiger partial charge in [0.15, 0.2) is 0 Å². The van der Waals surface area contributed by atoms with Crippen LogP contribution in [0.1, 0.15) is 45.4 Å². The lowest BCUT2D eigenvalue weighted by atomic mass is 9.75. The lowest BCUT2D eigenvalue weighted by Gasteiger charge is -2.40. The maximum Gasteiger partial charge on any atom is 0.329 e. The van der Waals surface area contributed by atoms with Crippen molar-refractivity contribution in [3.63, 3.8) is 0 Å². The van der Waals surface area contributed by atoms with E-state index >= 15 is 0 Å². The molecule has 0 aromatic carbocycles. The molecule has 1 aliphatic heterocycles. The lowest BCUT2D eigenvalue weighted by molar-refractivity contribution is -0.151. The maximum atomic E-state index is 12.4. The molecule has 0 spiro atoms. The Kier molecular flexibility index (Phi) is 4.34. The first-order chi connectivity index (χ1) is 9.38. The summed E-state index contributed by atoms with van der Waals surface area (Å²) in [6.45, 7) is 2.91. The second-order valence-corrected chi connectivity index (χ2v) is 6.31. The van der Waals surface area contributed by atoms with Gasteiger partial charge in [-0.1, -0.05) is 19.8 Å². The van der Waals surface area contributed by atoms with Crippen LogP contribution in [-0.4, -0.2) is 41.3 Å². The van der Waals surface area contributed by atoms with Gasteiger partial charge in [0.1, 0.15) is 5.54 Å². The first-order valence-corrected chi connectivity index (χ1v) is 7.31. The predicted octanol–water partition coefficient (Wildman–Crippen LogP) is 0.644. The van der Waals surface area contributed by atoms with E-state index < -0.39 is 17.0 Å². The minimum atomic E-state index is -1.15. The normalized spacial score (nSPS) is 33.4. The van der Waals surface area contributed by atoms with Crippen LogP contribution in [0.25, 0.3) is 0 Å². The number of carbonyl (C=O) groups excluding carboxylic acids is 1. The second-order valence-electron chi connectivity index (χ2n) is 6.31. The third-order valence-corrected chi connectivity index (χ3v) is 4.60. The Morgan fingerprint density at radius 3 is 2.50 bits per heavy atom. The number of aliphatic carboxylic acids is 1. The van der Waals surface area contributed by atoms with Gasteiger partial charge in [-0.3, -0.25) is 4.79 Å². The average molecular weight is 284 g/mol. The quantitative estimate of drug-likeness (QED) is 0.706. The highest BCUT2D eigenvalue weighted by molar-refractivity contribution is 5.92. The number of nitrogens with one attached hydrogen (secondary N) is 1. The topological polar surface area (TPSA) is 102 Å².